The summed E-state index contributed by atoms with van der Waals surface area (Å²) >= 11 is 0. The van der Waals surface area contributed by atoms with Crippen LogP contribution in [0.15, 0.2) is 18.2 Å². The maximum atomic E-state index is 13.0. The van der Waals surface area contributed by atoms with E-state index in [0.29, 0.717) is 12.1 Å². The van der Waals surface area contributed by atoms with Crippen molar-refractivity contribution in [2.24, 2.45) is 23.5 Å². The molecule has 1 aromatic carbocycles. The molecular formula is C21H24N4O. The first-order valence-electron chi connectivity index (χ1n) is 9.58. The zero-order chi connectivity index (χ0) is 18.3. The molecule has 1 saturated carbocycles. The number of hydrogen-bond donors (Lipinski definition) is 1. The Hall–Kier alpha value is -2.21. The zero-order valence-corrected chi connectivity index (χ0v) is 14.9. The molecule has 2 fully saturated rings. The SMILES string of the molecule is N#Cc1ccc2c(c1)CCC2N1C[C@H](N)[C@H](C(=O)C2CCC[C@H]2C#N)C1. The molecule has 5 nitrogen and oxygen atoms in total. The van der Waals surface area contributed by atoms with Gasteiger partial charge in [0.25, 0.3) is 0 Å². The van der Waals surface area contributed by atoms with E-state index in [1.807, 2.05) is 12.1 Å². The fourth-order valence-electron chi connectivity index (χ4n) is 5.19. The molecule has 2 aliphatic carbocycles. The Bertz CT molecular complexity index is 805. The zero-order valence-electron chi connectivity index (χ0n) is 14.9. The van der Waals surface area contributed by atoms with Crippen molar-refractivity contribution in [3.8, 4) is 12.1 Å². The second-order valence-electron chi connectivity index (χ2n) is 7.98. The number of Topliss-reactive ketones (excluding diaryl/α,β-unsaturated/α-hetero) is 1. The molecule has 3 aliphatic rings. The third kappa shape index (κ3) is 2.82. The van der Waals surface area contributed by atoms with Crippen LogP contribution < -0.4 is 5.73 Å². The Morgan fingerprint density at radius 3 is 2.77 bits per heavy atom. The van der Waals surface area contributed by atoms with Crippen molar-refractivity contribution in [1.82, 2.24) is 4.90 Å². The molecule has 0 spiro atoms. The van der Waals surface area contributed by atoms with Crippen LogP contribution in [0.4, 0.5) is 0 Å². The van der Waals surface area contributed by atoms with Crippen molar-refractivity contribution in [2.45, 2.75) is 44.2 Å². The predicted octanol–water partition coefficient (Wildman–Crippen LogP) is 2.31. The monoisotopic (exact) mass is 348 g/mol. The Kier molecular flexibility index (Phi) is 4.53. The number of carbonyl (C=O) groups is 1. The highest BCUT2D eigenvalue weighted by Gasteiger charge is 2.44. The van der Waals surface area contributed by atoms with E-state index in [1.165, 1.54) is 11.1 Å². The van der Waals surface area contributed by atoms with Crippen LogP contribution in [0.25, 0.3) is 0 Å². The van der Waals surface area contributed by atoms with Crippen molar-refractivity contribution < 1.29 is 4.79 Å². The van der Waals surface area contributed by atoms with Gasteiger partial charge in [-0.3, -0.25) is 9.69 Å². The number of rotatable bonds is 3. The second-order valence-corrected chi connectivity index (χ2v) is 7.98. The lowest BCUT2D eigenvalue weighted by molar-refractivity contribution is -0.127. The summed E-state index contributed by atoms with van der Waals surface area (Å²) in [6.07, 6.45) is 4.64. The Morgan fingerprint density at radius 2 is 2.00 bits per heavy atom. The molecule has 26 heavy (non-hydrogen) atoms. The molecule has 1 aliphatic heterocycles. The highest BCUT2D eigenvalue weighted by molar-refractivity contribution is 5.85. The van der Waals surface area contributed by atoms with Crippen molar-refractivity contribution in [1.29, 1.82) is 10.5 Å². The maximum absolute atomic E-state index is 13.0. The van der Waals surface area contributed by atoms with E-state index in [9.17, 15) is 10.1 Å². The number of nitrogens with two attached hydrogens (primary N) is 1. The quantitative estimate of drug-likeness (QED) is 0.904. The van der Waals surface area contributed by atoms with Crippen molar-refractivity contribution in [3.05, 3.63) is 34.9 Å². The van der Waals surface area contributed by atoms with Crippen LogP contribution in [0.1, 0.15) is 48.4 Å². The normalized spacial score (nSPS) is 33.6. The first kappa shape index (κ1) is 17.2. The lowest BCUT2D eigenvalue weighted by Gasteiger charge is -2.25. The van der Waals surface area contributed by atoms with Gasteiger partial charge in [-0.05, 0) is 48.9 Å². The van der Waals surface area contributed by atoms with Gasteiger partial charge >= 0.3 is 0 Å². The lowest BCUT2D eigenvalue weighted by Crippen LogP contribution is -2.38. The molecule has 0 amide bonds. The van der Waals surface area contributed by atoms with E-state index >= 15 is 0 Å². The minimum atomic E-state index is -0.156. The van der Waals surface area contributed by atoms with Crippen LogP contribution >= 0.6 is 0 Å². The molecule has 5 heteroatoms. The first-order valence-corrected chi connectivity index (χ1v) is 9.58. The van der Waals surface area contributed by atoms with Gasteiger partial charge < -0.3 is 5.73 Å². The van der Waals surface area contributed by atoms with Crippen LogP contribution in [0.5, 0.6) is 0 Å². The van der Waals surface area contributed by atoms with E-state index < -0.39 is 0 Å². The summed E-state index contributed by atoms with van der Waals surface area (Å²) < 4.78 is 0. The number of benzene rings is 1. The van der Waals surface area contributed by atoms with E-state index in [1.54, 1.807) is 0 Å². The molecule has 4 rings (SSSR count). The number of nitrogens with zero attached hydrogens (tertiary/aromatic N) is 3. The van der Waals surface area contributed by atoms with E-state index in [-0.39, 0.29) is 35.6 Å². The molecule has 5 atom stereocenters. The fourth-order valence-corrected chi connectivity index (χ4v) is 5.19. The summed E-state index contributed by atoms with van der Waals surface area (Å²) in [5.41, 5.74) is 9.60. The molecular weight excluding hydrogens is 324 g/mol. The number of nitriles is 2. The number of ketones is 1. The molecule has 0 bridgehead atoms. The molecule has 1 aromatic rings. The molecule has 1 saturated heterocycles. The lowest BCUT2D eigenvalue weighted by atomic mass is 9.84. The summed E-state index contributed by atoms with van der Waals surface area (Å²) in [5.74, 6) is -0.191. The second kappa shape index (κ2) is 6.83. The molecule has 2 unspecified atom stereocenters. The number of likely N-dealkylation sites (tertiary alicyclic amines) is 1. The van der Waals surface area contributed by atoms with E-state index in [0.717, 1.165) is 38.6 Å². The number of hydrogen-bond acceptors (Lipinski definition) is 5. The van der Waals surface area contributed by atoms with Gasteiger partial charge in [-0.15, -0.1) is 0 Å². The van der Waals surface area contributed by atoms with Gasteiger partial charge in [-0.25, -0.2) is 0 Å². The third-order valence-corrected chi connectivity index (χ3v) is 6.56. The summed E-state index contributed by atoms with van der Waals surface area (Å²) in [7, 11) is 0. The van der Waals surface area contributed by atoms with Gasteiger partial charge in [0, 0.05) is 37.0 Å². The number of aryl methyl sites for hydroxylation is 1. The van der Waals surface area contributed by atoms with Gasteiger partial charge in [0.1, 0.15) is 5.78 Å². The summed E-state index contributed by atoms with van der Waals surface area (Å²) in [6, 6.07) is 10.6. The van der Waals surface area contributed by atoms with Gasteiger partial charge in [-0.1, -0.05) is 12.5 Å². The number of carbonyl (C=O) groups excluding carboxylic acids is 1. The Morgan fingerprint density at radius 1 is 1.15 bits per heavy atom. The average molecular weight is 348 g/mol. The third-order valence-electron chi connectivity index (χ3n) is 6.56. The van der Waals surface area contributed by atoms with E-state index in [2.05, 4.69) is 23.1 Å². The molecule has 0 aromatic heterocycles. The molecule has 1 heterocycles. The summed E-state index contributed by atoms with van der Waals surface area (Å²) in [5, 5.41) is 18.4. The van der Waals surface area contributed by atoms with Crippen LogP contribution in [0.2, 0.25) is 0 Å². The first-order chi connectivity index (χ1) is 12.6. The topological polar surface area (TPSA) is 93.9 Å². The highest BCUT2D eigenvalue weighted by atomic mass is 16.1. The Balaban J connectivity index is 1.50. The summed E-state index contributed by atoms with van der Waals surface area (Å²) in [6.45, 7) is 1.42. The van der Waals surface area contributed by atoms with Gasteiger partial charge in [-0.2, -0.15) is 10.5 Å². The smallest absolute Gasteiger partial charge is 0.143 e. The number of fused-ring (bicyclic) bond motifs is 1. The average Bonchev–Trinajstić information content (AvgIpc) is 3.37. The minimum Gasteiger partial charge on any atom is -0.326 e. The standard InChI is InChI=1S/C21H24N4O/c22-9-13-4-6-16-14(8-13)5-7-20(16)25-11-18(19(24)12-25)21(26)17-3-1-2-15(17)10-23/h4,6,8,15,17-20H,1-3,5,7,11-12,24H2/t15-,17?,18+,19-,20?/m0/s1. The maximum Gasteiger partial charge on any atom is 0.143 e. The van der Waals surface area contributed by atoms with Gasteiger partial charge in [0.05, 0.1) is 23.6 Å². The van der Waals surface area contributed by atoms with Crippen LogP contribution in [-0.2, 0) is 11.2 Å². The fraction of sp³-hybridized carbons (Fsp3) is 0.571. The molecule has 2 N–H and O–H groups in total. The van der Waals surface area contributed by atoms with Crippen LogP contribution in [0, 0.1) is 40.4 Å². The van der Waals surface area contributed by atoms with Crippen molar-refractivity contribution in [3.63, 3.8) is 0 Å². The van der Waals surface area contributed by atoms with Gasteiger partial charge in [0.2, 0.25) is 0 Å². The van der Waals surface area contributed by atoms with Crippen LogP contribution in [0.3, 0.4) is 0 Å². The Labute approximate surface area is 154 Å². The van der Waals surface area contributed by atoms with Crippen molar-refractivity contribution >= 4 is 5.78 Å². The summed E-state index contributed by atoms with van der Waals surface area (Å²) in [4.78, 5) is 15.4. The molecule has 0 radical (unpaired) electrons. The van der Waals surface area contributed by atoms with E-state index in [4.69, 9.17) is 11.0 Å². The largest absolute Gasteiger partial charge is 0.326 e. The molecule has 134 valence electrons. The predicted molar refractivity (Wildman–Crippen MR) is 96.7 cm³/mol. The van der Waals surface area contributed by atoms with Crippen LogP contribution in [-0.4, -0.2) is 29.8 Å². The highest BCUT2D eigenvalue weighted by Crippen LogP contribution is 2.40. The van der Waals surface area contributed by atoms with Crippen molar-refractivity contribution in [2.75, 3.05) is 13.1 Å². The minimum absolute atomic E-state index is 0.120. The van der Waals surface area contributed by atoms with Gasteiger partial charge in [0.15, 0.2) is 0 Å².